The van der Waals surface area contributed by atoms with Crippen LogP contribution in [0.5, 0.6) is 0 Å². The van der Waals surface area contributed by atoms with Gasteiger partial charge in [0.2, 0.25) is 17.7 Å². The summed E-state index contributed by atoms with van der Waals surface area (Å²) in [4.78, 5) is 39.6. The Labute approximate surface area is 241 Å². The monoisotopic (exact) mass is 582 g/mol. The summed E-state index contributed by atoms with van der Waals surface area (Å²) in [5.41, 5.74) is 6.46. The molecule has 208 valence electrons. The molecular weight excluding hydrogens is 554 g/mol. The Morgan fingerprint density at radius 1 is 1.05 bits per heavy atom. The van der Waals surface area contributed by atoms with Crippen LogP contribution in [0.1, 0.15) is 54.6 Å². The minimum absolute atomic E-state index is 0.108. The van der Waals surface area contributed by atoms with Crippen molar-refractivity contribution in [3.63, 3.8) is 0 Å². The number of carbonyl (C=O) groups excluding carboxylic acids is 3. The largest absolute Gasteiger partial charge is 0.366 e. The van der Waals surface area contributed by atoms with Gasteiger partial charge in [-0.2, -0.15) is 0 Å². The molecule has 0 saturated carbocycles. The molecule has 0 radical (unpaired) electrons. The number of halogens is 3. The molecule has 1 spiro atoms. The van der Waals surface area contributed by atoms with E-state index >= 15 is 0 Å². The fourth-order valence-corrected chi connectivity index (χ4v) is 6.43. The second kappa shape index (κ2) is 10.2. The number of hydrogen-bond acceptors (Lipinski definition) is 4. The van der Waals surface area contributed by atoms with E-state index in [1.165, 1.54) is 24.3 Å². The van der Waals surface area contributed by atoms with Crippen molar-refractivity contribution in [1.29, 1.82) is 0 Å². The Hall–Kier alpha value is -3.46. The maximum absolute atomic E-state index is 14.3. The summed E-state index contributed by atoms with van der Waals surface area (Å²) in [5, 5.41) is 9.73. The molecule has 2 aliphatic heterocycles. The lowest BCUT2D eigenvalue weighted by molar-refractivity contribution is -0.122. The van der Waals surface area contributed by atoms with E-state index in [9.17, 15) is 18.8 Å². The summed E-state index contributed by atoms with van der Waals surface area (Å²) >= 11 is 12.5. The molecule has 5 rings (SSSR count). The van der Waals surface area contributed by atoms with Crippen LogP contribution in [0, 0.1) is 11.2 Å². The number of nitrogens with one attached hydrogen (secondary N) is 3. The molecule has 1 fully saturated rings. The maximum atomic E-state index is 14.3. The molecule has 40 heavy (non-hydrogen) atoms. The lowest BCUT2D eigenvalue weighted by Gasteiger charge is -2.37. The van der Waals surface area contributed by atoms with Gasteiger partial charge in [-0.05, 0) is 71.5 Å². The predicted octanol–water partition coefficient (Wildman–Crippen LogP) is 5.62. The van der Waals surface area contributed by atoms with Crippen LogP contribution in [0.25, 0.3) is 0 Å². The second-order valence-electron chi connectivity index (χ2n) is 11.6. The first-order chi connectivity index (χ1) is 18.8. The van der Waals surface area contributed by atoms with Crippen LogP contribution < -0.4 is 21.7 Å². The lowest BCUT2D eigenvalue weighted by atomic mass is 9.62. The third kappa shape index (κ3) is 4.85. The van der Waals surface area contributed by atoms with E-state index in [0.29, 0.717) is 39.5 Å². The van der Waals surface area contributed by atoms with Crippen LogP contribution in [0.4, 0.5) is 15.8 Å². The highest BCUT2D eigenvalue weighted by atomic mass is 35.5. The van der Waals surface area contributed by atoms with Gasteiger partial charge in [-0.15, -0.1) is 0 Å². The van der Waals surface area contributed by atoms with Crippen molar-refractivity contribution in [3.05, 3.63) is 93.2 Å². The van der Waals surface area contributed by atoms with Crippen molar-refractivity contribution >= 4 is 52.3 Å². The average Bonchev–Trinajstić information content (AvgIpc) is 3.35. The number of primary amides is 1. The minimum atomic E-state index is -1.23. The van der Waals surface area contributed by atoms with Crippen LogP contribution in [0.2, 0.25) is 10.0 Å². The minimum Gasteiger partial charge on any atom is -0.366 e. The number of rotatable bonds is 5. The van der Waals surface area contributed by atoms with Crippen LogP contribution in [0.3, 0.4) is 0 Å². The molecule has 3 aromatic rings. The zero-order valence-electron chi connectivity index (χ0n) is 22.1. The zero-order chi connectivity index (χ0) is 29.0. The number of hydrogen-bond donors (Lipinski definition) is 4. The van der Waals surface area contributed by atoms with Crippen molar-refractivity contribution in [2.24, 2.45) is 11.1 Å². The third-order valence-corrected chi connectivity index (χ3v) is 8.17. The van der Waals surface area contributed by atoms with Crippen molar-refractivity contribution in [1.82, 2.24) is 5.32 Å². The molecule has 5 N–H and O–H groups in total. The first-order valence-corrected chi connectivity index (χ1v) is 13.6. The summed E-state index contributed by atoms with van der Waals surface area (Å²) in [7, 11) is 0. The lowest BCUT2D eigenvalue weighted by Crippen LogP contribution is -2.49. The Morgan fingerprint density at radius 2 is 1.75 bits per heavy atom. The molecule has 0 bridgehead atoms. The average molecular weight is 583 g/mol. The van der Waals surface area contributed by atoms with E-state index in [1.807, 2.05) is 6.07 Å². The van der Waals surface area contributed by atoms with Crippen molar-refractivity contribution in [2.75, 3.05) is 10.6 Å². The highest BCUT2D eigenvalue weighted by molar-refractivity contribution is 6.31. The first kappa shape index (κ1) is 28.1. The van der Waals surface area contributed by atoms with Gasteiger partial charge >= 0.3 is 0 Å². The molecule has 4 unspecified atom stereocenters. The molecular formula is C30H29Cl2FN4O3. The quantitative estimate of drug-likeness (QED) is 0.312. The molecule has 10 heteroatoms. The molecule has 0 aromatic heterocycles. The van der Waals surface area contributed by atoms with E-state index in [1.54, 1.807) is 30.3 Å². The molecule has 0 aliphatic carbocycles. The molecule has 3 amide bonds. The van der Waals surface area contributed by atoms with Gasteiger partial charge < -0.3 is 21.7 Å². The van der Waals surface area contributed by atoms with E-state index in [0.717, 1.165) is 0 Å². The van der Waals surface area contributed by atoms with Crippen molar-refractivity contribution in [2.45, 2.75) is 50.6 Å². The molecule has 2 aliphatic rings. The normalized spacial score (nSPS) is 23.6. The Kier molecular flexibility index (Phi) is 7.15. The predicted molar refractivity (Wildman–Crippen MR) is 154 cm³/mol. The van der Waals surface area contributed by atoms with Crippen LogP contribution >= 0.6 is 23.2 Å². The van der Waals surface area contributed by atoms with E-state index in [-0.39, 0.29) is 16.3 Å². The zero-order valence-corrected chi connectivity index (χ0v) is 23.7. The topological polar surface area (TPSA) is 113 Å². The number of anilines is 2. The van der Waals surface area contributed by atoms with Crippen LogP contribution in [-0.2, 0) is 15.0 Å². The summed E-state index contributed by atoms with van der Waals surface area (Å²) < 4.78 is 14.3. The number of carbonyl (C=O) groups is 3. The van der Waals surface area contributed by atoms with Gasteiger partial charge in [-0.25, -0.2) is 4.39 Å². The van der Waals surface area contributed by atoms with Gasteiger partial charge in [-0.3, -0.25) is 14.4 Å². The smallest absolute Gasteiger partial charge is 0.248 e. The van der Waals surface area contributed by atoms with Gasteiger partial charge in [0.15, 0.2) is 0 Å². The van der Waals surface area contributed by atoms with Gasteiger partial charge in [0.1, 0.15) is 11.2 Å². The highest BCUT2D eigenvalue weighted by Crippen LogP contribution is 2.56. The van der Waals surface area contributed by atoms with E-state index < -0.39 is 41.0 Å². The molecule has 1 saturated heterocycles. The summed E-state index contributed by atoms with van der Waals surface area (Å²) in [5.74, 6) is -2.62. The second-order valence-corrected chi connectivity index (χ2v) is 12.4. The Balaban J connectivity index is 1.67. The van der Waals surface area contributed by atoms with Gasteiger partial charge in [0, 0.05) is 33.9 Å². The number of benzene rings is 3. The summed E-state index contributed by atoms with van der Waals surface area (Å²) in [6.45, 7) is 6.19. The number of fused-ring (bicyclic) bond motifs is 2. The molecule has 2 heterocycles. The van der Waals surface area contributed by atoms with E-state index in [2.05, 4.69) is 36.7 Å². The standard InChI is InChI=1S/C30H29Cl2FN4O3/c1-29(2,3)14-23-30(19-10-7-17(31)13-22(19)36-28(30)40)24(16-6-11-21(33)20(32)12-16)25(37-23)27(39)35-18-8-4-15(5-9-18)26(34)38/h4-13,23-25,37H,14H2,1-3H3,(H2,34,38)(H,35,39)(H,36,40). The summed E-state index contributed by atoms with van der Waals surface area (Å²) in [6, 6.07) is 14.3. The van der Waals surface area contributed by atoms with Crippen LogP contribution in [0.15, 0.2) is 60.7 Å². The SMILES string of the molecule is CC(C)(C)CC1NC(C(=O)Nc2ccc(C(N)=O)cc2)C(c2ccc(F)c(Cl)c2)C12C(=O)Nc1cc(Cl)ccc12. The molecule has 7 nitrogen and oxygen atoms in total. The molecule has 3 aromatic carbocycles. The number of nitrogens with two attached hydrogens (primary N) is 1. The molecule has 4 atom stereocenters. The fraction of sp³-hybridized carbons (Fsp3) is 0.300. The first-order valence-electron chi connectivity index (χ1n) is 12.8. The highest BCUT2D eigenvalue weighted by Gasteiger charge is 2.65. The maximum Gasteiger partial charge on any atom is 0.248 e. The fourth-order valence-electron chi connectivity index (χ4n) is 6.07. The number of amides is 3. The van der Waals surface area contributed by atoms with Gasteiger partial charge in [0.25, 0.3) is 0 Å². The summed E-state index contributed by atoms with van der Waals surface area (Å²) in [6.07, 6.45) is 0.547. The third-order valence-electron chi connectivity index (χ3n) is 7.64. The Morgan fingerprint density at radius 3 is 2.38 bits per heavy atom. The van der Waals surface area contributed by atoms with Crippen molar-refractivity contribution in [3.8, 4) is 0 Å². The van der Waals surface area contributed by atoms with Crippen molar-refractivity contribution < 1.29 is 18.8 Å². The van der Waals surface area contributed by atoms with Gasteiger partial charge in [0.05, 0.1) is 11.1 Å². The Bertz CT molecular complexity index is 1520. The van der Waals surface area contributed by atoms with Gasteiger partial charge in [-0.1, -0.05) is 56.1 Å². The van der Waals surface area contributed by atoms with Crippen LogP contribution in [-0.4, -0.2) is 29.8 Å². The van der Waals surface area contributed by atoms with E-state index in [4.69, 9.17) is 28.9 Å².